The standard InChI is InChI=1S/C16H14FN3/c17-13-6-4-5-12(11-13)16(18)15-9-10-20(19-15)14-7-2-1-3-8-14/h1-11,16H,18H2. The van der Waals surface area contributed by atoms with E-state index in [2.05, 4.69) is 5.10 Å². The van der Waals surface area contributed by atoms with Gasteiger partial charge in [0.1, 0.15) is 5.82 Å². The van der Waals surface area contributed by atoms with Crippen LogP contribution < -0.4 is 5.73 Å². The van der Waals surface area contributed by atoms with Gasteiger partial charge in [-0.1, -0.05) is 30.3 Å². The van der Waals surface area contributed by atoms with E-state index in [1.165, 1.54) is 12.1 Å². The predicted molar refractivity (Wildman–Crippen MR) is 76.0 cm³/mol. The van der Waals surface area contributed by atoms with E-state index in [1.807, 2.05) is 42.6 Å². The highest BCUT2D eigenvalue weighted by Gasteiger charge is 2.13. The van der Waals surface area contributed by atoms with Crippen molar-refractivity contribution in [1.82, 2.24) is 9.78 Å². The van der Waals surface area contributed by atoms with Crippen molar-refractivity contribution in [2.45, 2.75) is 6.04 Å². The number of benzene rings is 2. The lowest BCUT2D eigenvalue weighted by atomic mass is 10.1. The molecule has 0 saturated heterocycles. The van der Waals surface area contributed by atoms with Crippen LogP contribution in [0.15, 0.2) is 66.9 Å². The van der Waals surface area contributed by atoms with Crippen LogP contribution in [0.3, 0.4) is 0 Å². The maximum atomic E-state index is 13.2. The molecule has 100 valence electrons. The zero-order chi connectivity index (χ0) is 13.9. The Hall–Kier alpha value is -2.46. The minimum Gasteiger partial charge on any atom is -0.319 e. The summed E-state index contributed by atoms with van der Waals surface area (Å²) in [5, 5.41) is 4.46. The lowest BCUT2D eigenvalue weighted by Crippen LogP contribution is -2.13. The number of nitrogens with zero attached hydrogens (tertiary/aromatic N) is 2. The first-order chi connectivity index (χ1) is 9.74. The first kappa shape index (κ1) is 12.6. The quantitative estimate of drug-likeness (QED) is 0.792. The maximum Gasteiger partial charge on any atom is 0.123 e. The molecule has 20 heavy (non-hydrogen) atoms. The molecule has 0 spiro atoms. The molecule has 1 heterocycles. The van der Waals surface area contributed by atoms with Crippen molar-refractivity contribution in [2.24, 2.45) is 5.73 Å². The van der Waals surface area contributed by atoms with E-state index in [0.29, 0.717) is 11.3 Å². The number of para-hydroxylation sites is 1. The highest BCUT2D eigenvalue weighted by Crippen LogP contribution is 2.19. The van der Waals surface area contributed by atoms with Gasteiger partial charge in [0.05, 0.1) is 17.4 Å². The van der Waals surface area contributed by atoms with Gasteiger partial charge in [-0.05, 0) is 35.9 Å². The van der Waals surface area contributed by atoms with Gasteiger partial charge in [0.15, 0.2) is 0 Å². The van der Waals surface area contributed by atoms with E-state index in [0.717, 1.165) is 5.69 Å². The summed E-state index contributed by atoms with van der Waals surface area (Å²) in [5.74, 6) is -0.291. The molecule has 0 fully saturated rings. The van der Waals surface area contributed by atoms with Crippen LogP contribution >= 0.6 is 0 Å². The van der Waals surface area contributed by atoms with E-state index in [1.54, 1.807) is 16.8 Å². The number of rotatable bonds is 3. The topological polar surface area (TPSA) is 43.8 Å². The predicted octanol–water partition coefficient (Wildman–Crippen LogP) is 3.06. The fourth-order valence-corrected chi connectivity index (χ4v) is 2.10. The van der Waals surface area contributed by atoms with E-state index in [4.69, 9.17) is 5.73 Å². The fourth-order valence-electron chi connectivity index (χ4n) is 2.10. The average molecular weight is 267 g/mol. The Kier molecular flexibility index (Phi) is 3.31. The smallest absolute Gasteiger partial charge is 0.123 e. The van der Waals surface area contributed by atoms with Crippen molar-refractivity contribution in [1.29, 1.82) is 0 Å². The molecule has 0 aliphatic rings. The third-order valence-corrected chi connectivity index (χ3v) is 3.16. The zero-order valence-electron chi connectivity index (χ0n) is 10.8. The number of hydrogen-bond donors (Lipinski definition) is 1. The Bertz CT molecular complexity index is 707. The third kappa shape index (κ3) is 2.46. The first-order valence-electron chi connectivity index (χ1n) is 6.36. The summed E-state index contributed by atoms with van der Waals surface area (Å²) in [4.78, 5) is 0. The van der Waals surface area contributed by atoms with E-state index >= 15 is 0 Å². The molecule has 1 unspecified atom stereocenters. The van der Waals surface area contributed by atoms with Gasteiger partial charge in [-0.25, -0.2) is 9.07 Å². The highest BCUT2D eigenvalue weighted by atomic mass is 19.1. The molecule has 4 heteroatoms. The lowest BCUT2D eigenvalue weighted by molar-refractivity contribution is 0.623. The second-order valence-electron chi connectivity index (χ2n) is 4.55. The Morgan fingerprint density at radius 3 is 2.55 bits per heavy atom. The van der Waals surface area contributed by atoms with Crippen LogP contribution in [0.4, 0.5) is 4.39 Å². The molecule has 1 atom stereocenters. The summed E-state index contributed by atoms with van der Waals surface area (Å²) in [6.45, 7) is 0. The van der Waals surface area contributed by atoms with Crippen molar-refractivity contribution < 1.29 is 4.39 Å². The van der Waals surface area contributed by atoms with E-state index in [9.17, 15) is 4.39 Å². The number of aromatic nitrogens is 2. The molecule has 0 aliphatic carbocycles. The Labute approximate surface area is 116 Å². The molecule has 1 aromatic heterocycles. The molecule has 0 radical (unpaired) electrons. The molecule has 0 bridgehead atoms. The van der Waals surface area contributed by atoms with Gasteiger partial charge in [0.25, 0.3) is 0 Å². The van der Waals surface area contributed by atoms with Gasteiger partial charge in [-0.2, -0.15) is 5.10 Å². The molecular formula is C16H14FN3. The van der Waals surface area contributed by atoms with Gasteiger partial charge in [0, 0.05) is 6.20 Å². The second-order valence-corrected chi connectivity index (χ2v) is 4.55. The third-order valence-electron chi connectivity index (χ3n) is 3.16. The van der Waals surface area contributed by atoms with Gasteiger partial charge in [-0.15, -0.1) is 0 Å². The molecule has 2 N–H and O–H groups in total. The summed E-state index contributed by atoms with van der Waals surface area (Å²) in [7, 11) is 0. The molecule has 0 amide bonds. The summed E-state index contributed by atoms with van der Waals surface area (Å²) in [6, 6.07) is 17.5. The molecule has 0 aliphatic heterocycles. The van der Waals surface area contributed by atoms with Crippen LogP contribution in [-0.4, -0.2) is 9.78 Å². The van der Waals surface area contributed by atoms with Crippen LogP contribution in [0.25, 0.3) is 5.69 Å². The van der Waals surface area contributed by atoms with Crippen LogP contribution in [0.2, 0.25) is 0 Å². The Morgan fingerprint density at radius 2 is 1.80 bits per heavy atom. The monoisotopic (exact) mass is 267 g/mol. The average Bonchev–Trinajstić information content (AvgIpc) is 2.97. The highest BCUT2D eigenvalue weighted by molar-refractivity contribution is 5.32. The van der Waals surface area contributed by atoms with Crippen LogP contribution in [0, 0.1) is 5.82 Å². The summed E-state index contributed by atoms with van der Waals surface area (Å²) < 4.78 is 15.0. The maximum absolute atomic E-state index is 13.2. The van der Waals surface area contributed by atoms with Gasteiger partial charge < -0.3 is 5.73 Å². The summed E-state index contributed by atoms with van der Waals surface area (Å²) in [5.41, 5.74) is 8.52. The van der Waals surface area contributed by atoms with Crippen LogP contribution in [-0.2, 0) is 0 Å². The largest absolute Gasteiger partial charge is 0.319 e. The molecule has 2 aromatic carbocycles. The number of halogens is 1. The number of hydrogen-bond acceptors (Lipinski definition) is 2. The van der Waals surface area contributed by atoms with E-state index < -0.39 is 6.04 Å². The molecule has 0 saturated carbocycles. The Balaban J connectivity index is 1.90. The van der Waals surface area contributed by atoms with Crippen LogP contribution in [0.1, 0.15) is 17.3 Å². The molecule has 3 nitrogen and oxygen atoms in total. The normalized spacial score (nSPS) is 12.3. The van der Waals surface area contributed by atoms with E-state index in [-0.39, 0.29) is 5.82 Å². The van der Waals surface area contributed by atoms with Crippen molar-refractivity contribution in [2.75, 3.05) is 0 Å². The minimum absolute atomic E-state index is 0.291. The summed E-state index contributed by atoms with van der Waals surface area (Å²) >= 11 is 0. The second kappa shape index (κ2) is 5.27. The molecular weight excluding hydrogens is 253 g/mol. The van der Waals surface area contributed by atoms with Crippen molar-refractivity contribution in [3.63, 3.8) is 0 Å². The first-order valence-corrected chi connectivity index (χ1v) is 6.36. The van der Waals surface area contributed by atoms with Crippen molar-refractivity contribution >= 4 is 0 Å². The SMILES string of the molecule is NC(c1cccc(F)c1)c1ccn(-c2ccccc2)n1. The fraction of sp³-hybridized carbons (Fsp3) is 0.0625. The number of nitrogens with two attached hydrogens (primary N) is 1. The lowest BCUT2D eigenvalue weighted by Gasteiger charge is -2.09. The molecule has 3 rings (SSSR count). The van der Waals surface area contributed by atoms with Gasteiger partial charge >= 0.3 is 0 Å². The van der Waals surface area contributed by atoms with Gasteiger partial charge in [-0.3, -0.25) is 0 Å². The van der Waals surface area contributed by atoms with Crippen LogP contribution in [0.5, 0.6) is 0 Å². The minimum atomic E-state index is -0.435. The molecule has 3 aromatic rings. The van der Waals surface area contributed by atoms with Crippen molar-refractivity contribution in [3.05, 3.63) is 83.9 Å². The summed E-state index contributed by atoms with van der Waals surface area (Å²) in [6.07, 6.45) is 1.85. The Morgan fingerprint density at radius 1 is 1.00 bits per heavy atom. The van der Waals surface area contributed by atoms with Crippen molar-refractivity contribution in [3.8, 4) is 5.69 Å². The van der Waals surface area contributed by atoms with Gasteiger partial charge in [0.2, 0.25) is 0 Å². The zero-order valence-corrected chi connectivity index (χ0v) is 10.8.